The molecule has 0 aromatic carbocycles. The van der Waals surface area contributed by atoms with Crippen molar-refractivity contribution in [1.82, 2.24) is 9.88 Å². The van der Waals surface area contributed by atoms with Gasteiger partial charge in [0.1, 0.15) is 17.2 Å². The van der Waals surface area contributed by atoms with Crippen molar-refractivity contribution >= 4 is 22.2 Å². The monoisotopic (exact) mass is 342 g/mol. The van der Waals surface area contributed by atoms with Gasteiger partial charge in [-0.2, -0.15) is 5.26 Å². The molecule has 1 fully saturated rings. The predicted octanol–water partition coefficient (Wildman–Crippen LogP) is 2.50. The smallest absolute Gasteiger partial charge is 0.239 e. The number of thiophene rings is 1. The fraction of sp³-hybridized carbons (Fsp3) is 0.353. The second-order valence-electron chi connectivity index (χ2n) is 5.58. The van der Waals surface area contributed by atoms with Gasteiger partial charge in [0.15, 0.2) is 0 Å². The van der Waals surface area contributed by atoms with E-state index in [0.717, 1.165) is 25.9 Å². The molecule has 1 amide bonds. The number of nitrogens with zero attached hydrogens (tertiary/aromatic N) is 3. The van der Waals surface area contributed by atoms with Crippen LogP contribution in [0.1, 0.15) is 18.4 Å². The van der Waals surface area contributed by atoms with Crippen molar-refractivity contribution in [2.45, 2.75) is 18.9 Å². The second-order valence-corrected chi connectivity index (χ2v) is 6.50. The van der Waals surface area contributed by atoms with Crippen LogP contribution in [0.3, 0.4) is 0 Å². The van der Waals surface area contributed by atoms with Gasteiger partial charge < -0.3 is 10.1 Å². The maximum absolute atomic E-state index is 12.1. The molecule has 2 aromatic rings. The number of likely N-dealkylation sites (tertiary alicyclic amines) is 1. The van der Waals surface area contributed by atoms with Crippen LogP contribution in [-0.4, -0.2) is 41.5 Å². The van der Waals surface area contributed by atoms with Crippen LogP contribution < -0.4 is 10.1 Å². The molecule has 1 saturated heterocycles. The quantitative estimate of drug-likeness (QED) is 0.903. The van der Waals surface area contributed by atoms with Crippen LogP contribution in [0.5, 0.6) is 5.88 Å². The first-order valence-corrected chi connectivity index (χ1v) is 8.70. The Morgan fingerprint density at radius 1 is 1.42 bits per heavy atom. The fourth-order valence-corrected chi connectivity index (χ4v) is 3.39. The highest BCUT2D eigenvalue weighted by Gasteiger charge is 2.22. The summed E-state index contributed by atoms with van der Waals surface area (Å²) in [5, 5.41) is 14.2. The van der Waals surface area contributed by atoms with E-state index >= 15 is 0 Å². The van der Waals surface area contributed by atoms with Gasteiger partial charge in [0.25, 0.3) is 0 Å². The fourth-order valence-electron chi connectivity index (χ4n) is 2.64. The average Bonchev–Trinajstić information content (AvgIpc) is 3.04. The third-order valence-corrected chi connectivity index (χ3v) is 4.70. The summed E-state index contributed by atoms with van der Waals surface area (Å²) in [6.45, 7) is 1.94. The molecule has 0 atom stereocenters. The largest absolute Gasteiger partial charge is 0.474 e. The number of hydrogen-bond donors (Lipinski definition) is 1. The number of pyridine rings is 1. The van der Waals surface area contributed by atoms with E-state index in [4.69, 9.17) is 10.00 Å². The van der Waals surface area contributed by atoms with E-state index in [2.05, 4.69) is 21.3 Å². The highest BCUT2D eigenvalue weighted by molar-refractivity contribution is 7.14. The van der Waals surface area contributed by atoms with Gasteiger partial charge in [0.05, 0.1) is 12.1 Å². The Kier molecular flexibility index (Phi) is 5.41. The van der Waals surface area contributed by atoms with Crippen LogP contribution in [0.2, 0.25) is 0 Å². The summed E-state index contributed by atoms with van der Waals surface area (Å²) in [6.07, 6.45) is 3.59. The average molecular weight is 342 g/mol. The van der Waals surface area contributed by atoms with Crippen LogP contribution in [0, 0.1) is 11.3 Å². The molecule has 2 aromatic heterocycles. The molecular weight excluding hydrogens is 324 g/mol. The first-order valence-electron chi connectivity index (χ1n) is 7.82. The standard InChI is InChI=1S/C17H18N4O2S/c18-11-13-6-10-24-17(13)20-15(22)12-21-8-4-14(5-9-21)23-16-3-1-2-7-19-16/h1-3,6-7,10,14H,4-5,8-9,12H2,(H,20,22). The van der Waals surface area contributed by atoms with Crippen molar-refractivity contribution in [2.75, 3.05) is 25.0 Å². The summed E-state index contributed by atoms with van der Waals surface area (Å²) < 4.78 is 5.85. The van der Waals surface area contributed by atoms with Crippen molar-refractivity contribution in [3.05, 3.63) is 41.4 Å². The van der Waals surface area contributed by atoms with E-state index in [1.165, 1.54) is 11.3 Å². The van der Waals surface area contributed by atoms with Gasteiger partial charge in [-0.1, -0.05) is 6.07 Å². The first-order chi connectivity index (χ1) is 11.7. The number of nitrogens with one attached hydrogen (secondary N) is 1. The lowest BCUT2D eigenvalue weighted by Crippen LogP contribution is -2.42. The predicted molar refractivity (Wildman–Crippen MR) is 92.0 cm³/mol. The van der Waals surface area contributed by atoms with E-state index in [0.29, 0.717) is 23.0 Å². The Morgan fingerprint density at radius 3 is 2.96 bits per heavy atom. The molecule has 3 heterocycles. The van der Waals surface area contributed by atoms with Crippen molar-refractivity contribution in [3.8, 4) is 11.9 Å². The van der Waals surface area contributed by atoms with Crippen LogP contribution >= 0.6 is 11.3 Å². The van der Waals surface area contributed by atoms with Gasteiger partial charge in [-0.25, -0.2) is 4.98 Å². The number of amides is 1. The van der Waals surface area contributed by atoms with Crippen molar-refractivity contribution in [2.24, 2.45) is 0 Å². The van der Waals surface area contributed by atoms with E-state index in [1.54, 1.807) is 17.6 Å². The SMILES string of the molecule is N#Cc1ccsc1NC(=O)CN1CCC(Oc2ccccn2)CC1. The summed E-state index contributed by atoms with van der Waals surface area (Å²) in [5.74, 6) is 0.563. The third-order valence-electron chi connectivity index (χ3n) is 3.87. The third kappa shape index (κ3) is 4.31. The Morgan fingerprint density at radius 2 is 2.25 bits per heavy atom. The number of nitriles is 1. The minimum Gasteiger partial charge on any atom is -0.474 e. The highest BCUT2D eigenvalue weighted by Crippen LogP contribution is 2.22. The normalized spacial score (nSPS) is 15.6. The van der Waals surface area contributed by atoms with Crippen LogP contribution in [0.15, 0.2) is 35.8 Å². The number of piperidine rings is 1. The molecule has 3 rings (SSSR count). The van der Waals surface area contributed by atoms with Gasteiger partial charge in [0.2, 0.25) is 11.8 Å². The Labute approximate surface area is 144 Å². The number of rotatable bonds is 5. The van der Waals surface area contributed by atoms with E-state index in [1.807, 2.05) is 18.2 Å². The minimum atomic E-state index is -0.0851. The summed E-state index contributed by atoms with van der Waals surface area (Å²) in [5.41, 5.74) is 0.510. The Bertz CT molecular complexity index is 718. The summed E-state index contributed by atoms with van der Waals surface area (Å²) in [7, 11) is 0. The van der Waals surface area contributed by atoms with E-state index in [-0.39, 0.29) is 12.0 Å². The molecule has 24 heavy (non-hydrogen) atoms. The molecule has 6 nitrogen and oxygen atoms in total. The van der Waals surface area contributed by atoms with Gasteiger partial charge in [-0.15, -0.1) is 11.3 Å². The lowest BCUT2D eigenvalue weighted by molar-refractivity contribution is -0.117. The van der Waals surface area contributed by atoms with Crippen molar-refractivity contribution < 1.29 is 9.53 Å². The van der Waals surface area contributed by atoms with Crippen molar-refractivity contribution in [3.63, 3.8) is 0 Å². The van der Waals surface area contributed by atoms with Crippen LogP contribution in [0.25, 0.3) is 0 Å². The number of anilines is 1. The second kappa shape index (κ2) is 7.90. The number of carbonyl (C=O) groups excluding carboxylic acids is 1. The zero-order valence-corrected chi connectivity index (χ0v) is 14.0. The molecule has 1 aliphatic heterocycles. The maximum Gasteiger partial charge on any atom is 0.239 e. The lowest BCUT2D eigenvalue weighted by atomic mass is 10.1. The number of ether oxygens (including phenoxy) is 1. The summed E-state index contributed by atoms with van der Waals surface area (Å²) in [4.78, 5) is 18.4. The van der Waals surface area contributed by atoms with Crippen LogP contribution in [0.4, 0.5) is 5.00 Å². The molecule has 0 radical (unpaired) electrons. The van der Waals surface area contributed by atoms with Crippen LogP contribution in [-0.2, 0) is 4.79 Å². The number of aromatic nitrogens is 1. The molecule has 1 aliphatic rings. The van der Waals surface area contributed by atoms with E-state index in [9.17, 15) is 4.79 Å². The summed E-state index contributed by atoms with van der Waals surface area (Å²) in [6, 6.07) is 9.40. The molecule has 0 saturated carbocycles. The maximum atomic E-state index is 12.1. The molecule has 124 valence electrons. The van der Waals surface area contributed by atoms with Gasteiger partial charge >= 0.3 is 0 Å². The number of carbonyl (C=O) groups is 1. The Balaban J connectivity index is 1.44. The minimum absolute atomic E-state index is 0.0851. The van der Waals surface area contributed by atoms with Gasteiger partial charge in [-0.3, -0.25) is 9.69 Å². The highest BCUT2D eigenvalue weighted by atomic mass is 32.1. The zero-order valence-electron chi connectivity index (χ0n) is 13.1. The molecule has 7 heteroatoms. The molecule has 0 spiro atoms. The van der Waals surface area contributed by atoms with E-state index < -0.39 is 0 Å². The molecule has 1 N–H and O–H groups in total. The topological polar surface area (TPSA) is 78.2 Å². The van der Waals surface area contributed by atoms with Gasteiger partial charge in [0, 0.05) is 25.4 Å². The molecule has 0 unspecified atom stereocenters. The number of hydrogen-bond acceptors (Lipinski definition) is 6. The van der Waals surface area contributed by atoms with Gasteiger partial charge in [-0.05, 0) is 30.4 Å². The summed E-state index contributed by atoms with van der Waals surface area (Å²) >= 11 is 1.37. The lowest BCUT2D eigenvalue weighted by Gasteiger charge is -2.31. The zero-order chi connectivity index (χ0) is 16.8. The Hall–Kier alpha value is -2.43. The van der Waals surface area contributed by atoms with Crippen molar-refractivity contribution in [1.29, 1.82) is 5.26 Å². The molecular formula is C17H18N4O2S. The first kappa shape index (κ1) is 16.4. The molecule has 0 bridgehead atoms. The molecule has 0 aliphatic carbocycles.